The molecule has 1 aromatic rings. The van der Waals surface area contributed by atoms with E-state index in [2.05, 4.69) is 10.6 Å². The number of nitrogens with one attached hydrogen (secondary N) is 2. The number of anilines is 1. The van der Waals surface area contributed by atoms with E-state index in [-0.39, 0.29) is 23.9 Å². The molecule has 1 aliphatic carbocycles. The van der Waals surface area contributed by atoms with Crippen LogP contribution in [0.25, 0.3) is 0 Å². The molecule has 0 aromatic carbocycles. The molecule has 2 amide bonds. The largest absolute Gasteiger partial charge is 0.444 e. The van der Waals surface area contributed by atoms with E-state index in [0.717, 1.165) is 17.7 Å². The number of carbonyl (C=O) groups excluding carboxylic acids is 2. The van der Waals surface area contributed by atoms with Crippen molar-refractivity contribution in [2.24, 2.45) is 5.92 Å². The van der Waals surface area contributed by atoms with Crippen LogP contribution in [-0.4, -0.2) is 23.6 Å². The minimum absolute atomic E-state index is 0.134. The van der Waals surface area contributed by atoms with E-state index in [9.17, 15) is 9.59 Å². The number of rotatable bonds is 5. The van der Waals surface area contributed by atoms with Crippen molar-refractivity contribution in [2.75, 3.05) is 5.73 Å². The smallest absolute Gasteiger partial charge is 0.408 e. The number of hydrogen-bond donors (Lipinski definition) is 3. The topological polar surface area (TPSA) is 93.4 Å². The molecule has 6 nitrogen and oxygen atoms in total. The standard InChI is InChI=1S/C17H27N3O3S/c1-9(2)13(20-16(22)23-17(3,4)5)12-8-11(14(18)24-12)15(21)19-10-6-7-10/h8-10,13H,6-7,18H2,1-5H3,(H,19,21)(H,20,22)/t13-/m0/s1. The van der Waals surface area contributed by atoms with Gasteiger partial charge in [-0.3, -0.25) is 4.79 Å². The van der Waals surface area contributed by atoms with Crippen molar-refractivity contribution in [3.05, 3.63) is 16.5 Å². The van der Waals surface area contributed by atoms with Gasteiger partial charge in [0.2, 0.25) is 0 Å². The van der Waals surface area contributed by atoms with Crippen molar-refractivity contribution in [3.8, 4) is 0 Å². The first-order valence-electron chi connectivity index (χ1n) is 8.26. The number of alkyl carbamates (subject to hydrolysis) is 1. The van der Waals surface area contributed by atoms with Crippen molar-refractivity contribution in [1.29, 1.82) is 0 Å². The highest BCUT2D eigenvalue weighted by atomic mass is 32.1. The average Bonchev–Trinajstić information content (AvgIpc) is 3.14. The fraction of sp³-hybridized carbons (Fsp3) is 0.647. The van der Waals surface area contributed by atoms with Crippen LogP contribution in [0.1, 0.15) is 68.7 Å². The van der Waals surface area contributed by atoms with Crippen molar-refractivity contribution < 1.29 is 14.3 Å². The van der Waals surface area contributed by atoms with E-state index in [4.69, 9.17) is 10.5 Å². The van der Waals surface area contributed by atoms with Crippen LogP contribution >= 0.6 is 11.3 Å². The molecule has 4 N–H and O–H groups in total. The quantitative estimate of drug-likeness (QED) is 0.756. The summed E-state index contributed by atoms with van der Waals surface area (Å²) in [5, 5.41) is 6.30. The van der Waals surface area contributed by atoms with Gasteiger partial charge in [-0.25, -0.2) is 4.79 Å². The third-order valence-corrected chi connectivity index (χ3v) is 4.63. The van der Waals surface area contributed by atoms with Crippen LogP contribution < -0.4 is 16.4 Å². The van der Waals surface area contributed by atoms with Crippen LogP contribution in [0.5, 0.6) is 0 Å². The van der Waals surface area contributed by atoms with Gasteiger partial charge in [-0.15, -0.1) is 11.3 Å². The number of ether oxygens (including phenoxy) is 1. The van der Waals surface area contributed by atoms with Gasteiger partial charge in [-0.2, -0.15) is 0 Å². The molecule has 1 aliphatic rings. The lowest BCUT2D eigenvalue weighted by atomic mass is 10.0. The maximum Gasteiger partial charge on any atom is 0.408 e. The number of amides is 2. The van der Waals surface area contributed by atoms with Crippen LogP contribution in [0.2, 0.25) is 0 Å². The van der Waals surface area contributed by atoms with Gasteiger partial charge in [-0.05, 0) is 45.6 Å². The Kier molecular flexibility index (Phi) is 5.42. The molecule has 0 aliphatic heterocycles. The second-order valence-corrected chi connectivity index (χ2v) is 8.66. The third-order valence-electron chi connectivity index (χ3n) is 3.58. The minimum Gasteiger partial charge on any atom is -0.444 e. The van der Waals surface area contributed by atoms with Crippen molar-refractivity contribution in [3.63, 3.8) is 0 Å². The lowest BCUT2D eigenvalue weighted by Crippen LogP contribution is -2.36. The Morgan fingerprint density at radius 1 is 1.33 bits per heavy atom. The average molecular weight is 353 g/mol. The van der Waals surface area contributed by atoms with Gasteiger partial charge in [0.15, 0.2) is 0 Å². The van der Waals surface area contributed by atoms with Gasteiger partial charge in [0.1, 0.15) is 5.60 Å². The summed E-state index contributed by atoms with van der Waals surface area (Å²) in [6, 6.07) is 1.80. The number of nitrogens with two attached hydrogens (primary N) is 1. The van der Waals surface area contributed by atoms with E-state index < -0.39 is 11.7 Å². The van der Waals surface area contributed by atoms with Crippen molar-refractivity contribution in [1.82, 2.24) is 10.6 Å². The van der Waals surface area contributed by atoms with Crippen LogP contribution in [0.3, 0.4) is 0 Å². The maximum absolute atomic E-state index is 12.2. The summed E-state index contributed by atoms with van der Waals surface area (Å²) in [5.41, 5.74) is 5.95. The minimum atomic E-state index is -0.560. The molecular formula is C17H27N3O3S. The van der Waals surface area contributed by atoms with Gasteiger partial charge >= 0.3 is 6.09 Å². The molecule has 1 aromatic heterocycles. The first kappa shape index (κ1) is 18.6. The zero-order valence-electron chi connectivity index (χ0n) is 14.9. The highest BCUT2D eigenvalue weighted by molar-refractivity contribution is 7.16. The molecule has 1 atom stereocenters. The molecule has 134 valence electrons. The Morgan fingerprint density at radius 2 is 1.96 bits per heavy atom. The van der Waals surface area contributed by atoms with Crippen molar-refractivity contribution >= 4 is 28.3 Å². The second-order valence-electron chi connectivity index (χ2n) is 7.54. The molecule has 0 bridgehead atoms. The highest BCUT2D eigenvalue weighted by Gasteiger charge is 2.28. The van der Waals surface area contributed by atoms with Crippen molar-refractivity contribution in [2.45, 2.75) is 65.1 Å². The van der Waals surface area contributed by atoms with Crippen LogP contribution in [0, 0.1) is 5.92 Å². The van der Waals surface area contributed by atoms with E-state index in [1.54, 1.807) is 6.07 Å². The molecule has 0 saturated heterocycles. The zero-order valence-corrected chi connectivity index (χ0v) is 15.8. The molecule has 0 radical (unpaired) electrons. The molecule has 2 rings (SSSR count). The monoisotopic (exact) mass is 353 g/mol. The van der Waals surface area contributed by atoms with Gasteiger partial charge < -0.3 is 21.1 Å². The van der Waals surface area contributed by atoms with E-state index in [1.807, 2.05) is 34.6 Å². The van der Waals surface area contributed by atoms with Gasteiger partial charge in [0.05, 0.1) is 16.6 Å². The van der Waals surface area contributed by atoms with Gasteiger partial charge in [-0.1, -0.05) is 13.8 Å². The van der Waals surface area contributed by atoms with Crippen LogP contribution in [0.15, 0.2) is 6.07 Å². The van der Waals surface area contributed by atoms with Gasteiger partial charge in [0.25, 0.3) is 5.91 Å². The lowest BCUT2D eigenvalue weighted by Gasteiger charge is -2.25. The second kappa shape index (κ2) is 7.01. The molecule has 0 spiro atoms. The van der Waals surface area contributed by atoms with Crippen LogP contribution in [-0.2, 0) is 4.74 Å². The molecule has 7 heteroatoms. The summed E-state index contributed by atoms with van der Waals surface area (Å²) in [6.07, 6.45) is 1.58. The fourth-order valence-corrected chi connectivity index (χ4v) is 3.40. The normalized spacial score (nSPS) is 15.9. The maximum atomic E-state index is 12.2. The number of carbonyl (C=O) groups is 2. The van der Waals surface area contributed by atoms with E-state index in [0.29, 0.717) is 10.6 Å². The molecule has 24 heavy (non-hydrogen) atoms. The molecular weight excluding hydrogens is 326 g/mol. The molecule has 1 fully saturated rings. The summed E-state index contributed by atoms with van der Waals surface area (Å²) >= 11 is 1.33. The highest BCUT2D eigenvalue weighted by Crippen LogP contribution is 2.34. The summed E-state index contributed by atoms with van der Waals surface area (Å²) < 4.78 is 5.33. The third kappa shape index (κ3) is 5.12. The Morgan fingerprint density at radius 3 is 2.46 bits per heavy atom. The molecule has 1 saturated carbocycles. The number of nitrogen functional groups attached to an aromatic ring is 1. The lowest BCUT2D eigenvalue weighted by molar-refractivity contribution is 0.0490. The summed E-state index contributed by atoms with van der Waals surface area (Å²) in [5.74, 6) is -0.00724. The Labute approximate surface area is 147 Å². The van der Waals surface area contributed by atoms with Crippen LogP contribution in [0.4, 0.5) is 9.80 Å². The first-order chi connectivity index (χ1) is 11.1. The van der Waals surface area contributed by atoms with E-state index >= 15 is 0 Å². The Balaban J connectivity index is 2.12. The Hall–Kier alpha value is -1.76. The first-order valence-corrected chi connectivity index (χ1v) is 9.08. The predicted molar refractivity (Wildman–Crippen MR) is 96.2 cm³/mol. The molecule has 0 unspecified atom stereocenters. The number of thiophene rings is 1. The summed E-state index contributed by atoms with van der Waals surface area (Å²) in [6.45, 7) is 9.46. The number of hydrogen-bond acceptors (Lipinski definition) is 5. The Bertz CT molecular complexity index is 615. The molecule has 1 heterocycles. The SMILES string of the molecule is CC(C)[C@H](NC(=O)OC(C)(C)C)c1cc(C(=O)NC2CC2)c(N)s1. The summed E-state index contributed by atoms with van der Waals surface area (Å²) in [4.78, 5) is 25.2. The zero-order chi connectivity index (χ0) is 18.1. The fourth-order valence-electron chi connectivity index (χ4n) is 2.25. The summed E-state index contributed by atoms with van der Waals surface area (Å²) in [7, 11) is 0. The van der Waals surface area contributed by atoms with Gasteiger partial charge in [0, 0.05) is 10.9 Å². The van der Waals surface area contributed by atoms with E-state index in [1.165, 1.54) is 11.3 Å². The predicted octanol–water partition coefficient (Wildman–Crippen LogP) is 3.44.